The summed E-state index contributed by atoms with van der Waals surface area (Å²) in [6, 6.07) is 73.1. The first-order chi connectivity index (χ1) is 35.8. The summed E-state index contributed by atoms with van der Waals surface area (Å²) in [5.74, 6) is 0.232. The maximum absolute atomic E-state index is 16.4. The number of carbonyl (C=O) groups excluding carboxylic acids is 1. The topological polar surface area (TPSA) is 30.0 Å². The van der Waals surface area contributed by atoms with E-state index in [9.17, 15) is 0 Å². The van der Waals surface area contributed by atoms with Crippen LogP contribution in [0.25, 0.3) is 0 Å². The van der Waals surface area contributed by atoms with Crippen molar-refractivity contribution in [3.05, 3.63) is 280 Å². The summed E-state index contributed by atoms with van der Waals surface area (Å²) in [7, 11) is 0. The molecule has 9 aromatic carbocycles. The van der Waals surface area contributed by atoms with Gasteiger partial charge in [0, 0.05) is 79.4 Å². The molecule has 366 valence electrons. The number of hydrogen-bond donors (Lipinski definition) is 0. The van der Waals surface area contributed by atoms with Crippen LogP contribution in [0.4, 0.5) is 62.6 Å². The zero-order valence-electron chi connectivity index (χ0n) is 43.8. The van der Waals surface area contributed by atoms with Gasteiger partial charge in [0.2, 0.25) is 0 Å². The molecule has 0 spiro atoms. The molecule has 0 bridgehead atoms. The smallest absolute Gasteiger partial charge is 0.193 e. The first-order valence-corrected chi connectivity index (χ1v) is 25.7. The number of allylic oxidation sites excluding steroid dienone is 3. The number of hydrogen-bond acceptors (Lipinski definition) is 5. The second kappa shape index (κ2) is 21.2. The minimum atomic E-state index is -0.0998. The van der Waals surface area contributed by atoms with Crippen molar-refractivity contribution in [2.45, 2.75) is 61.8 Å². The molecule has 0 saturated carbocycles. The molecule has 1 aliphatic rings. The summed E-state index contributed by atoms with van der Waals surface area (Å²) >= 11 is 0. The summed E-state index contributed by atoms with van der Waals surface area (Å²) in [5.41, 5.74) is 20.6. The monoisotopic (exact) mass is 965 g/mol. The van der Waals surface area contributed by atoms with Gasteiger partial charge in [-0.05, 0) is 227 Å². The van der Waals surface area contributed by atoms with Crippen molar-refractivity contribution in [1.82, 2.24) is 0 Å². The number of carbonyl (C=O) groups is 1. The summed E-state index contributed by atoms with van der Waals surface area (Å²) in [6.45, 7) is 17.2. The number of nitrogens with zero attached hydrogens (tertiary/aromatic N) is 4. The zero-order chi connectivity index (χ0) is 51.5. The van der Waals surface area contributed by atoms with E-state index >= 15 is 4.79 Å². The first-order valence-electron chi connectivity index (χ1n) is 25.7. The van der Waals surface area contributed by atoms with Crippen LogP contribution in [0, 0.1) is 54.4 Å². The van der Waals surface area contributed by atoms with Crippen LogP contribution in [0.2, 0.25) is 0 Å². The van der Waals surface area contributed by atoms with Gasteiger partial charge in [-0.2, -0.15) is 0 Å². The molecule has 1 unspecified atom stereocenters. The van der Waals surface area contributed by atoms with Gasteiger partial charge in [0.15, 0.2) is 5.78 Å². The summed E-state index contributed by atoms with van der Waals surface area (Å²) < 4.78 is 0. The average molecular weight is 965 g/mol. The molecule has 5 heteroatoms. The lowest BCUT2D eigenvalue weighted by atomic mass is 9.97. The summed E-state index contributed by atoms with van der Waals surface area (Å²) in [4.78, 5) is 25.6. The van der Waals surface area contributed by atoms with E-state index < -0.39 is 0 Å². The van der Waals surface area contributed by atoms with Crippen LogP contribution in [-0.4, -0.2) is 5.78 Å². The van der Waals surface area contributed by atoms with Crippen LogP contribution in [0.3, 0.4) is 0 Å². The fraction of sp³-hybridized carbons (Fsp3) is 0.145. The third kappa shape index (κ3) is 10.7. The molecule has 74 heavy (non-hydrogen) atoms. The Morgan fingerprint density at radius 1 is 0.338 bits per heavy atom. The van der Waals surface area contributed by atoms with Crippen molar-refractivity contribution < 1.29 is 4.79 Å². The van der Waals surface area contributed by atoms with E-state index in [2.05, 4.69) is 299 Å². The molecular weight excluding hydrogens is 901 g/mol. The van der Waals surface area contributed by atoms with Crippen LogP contribution in [-0.2, 0) is 0 Å². The number of aryl methyl sites for hydroxylation is 7. The molecule has 0 amide bonds. The van der Waals surface area contributed by atoms with E-state index in [1.54, 1.807) is 0 Å². The molecule has 5 nitrogen and oxygen atoms in total. The minimum absolute atomic E-state index is 0.0998. The van der Waals surface area contributed by atoms with Crippen molar-refractivity contribution in [2.24, 2.45) is 5.92 Å². The van der Waals surface area contributed by atoms with E-state index in [0.717, 1.165) is 114 Å². The number of rotatable bonds is 14. The largest absolute Gasteiger partial charge is 0.311 e. The maximum Gasteiger partial charge on any atom is 0.193 e. The van der Waals surface area contributed by atoms with Crippen LogP contribution >= 0.6 is 0 Å². The Morgan fingerprint density at radius 3 is 0.851 bits per heavy atom. The minimum Gasteiger partial charge on any atom is -0.311 e. The Bertz CT molecular complexity index is 3350. The van der Waals surface area contributed by atoms with Crippen molar-refractivity contribution in [1.29, 1.82) is 0 Å². The van der Waals surface area contributed by atoms with Gasteiger partial charge in [-0.1, -0.05) is 104 Å². The second-order valence-corrected chi connectivity index (χ2v) is 20.2. The first kappa shape index (κ1) is 48.9. The predicted molar refractivity (Wildman–Crippen MR) is 313 cm³/mol. The maximum atomic E-state index is 16.4. The lowest BCUT2D eigenvalue weighted by Crippen LogP contribution is -2.20. The highest BCUT2D eigenvalue weighted by Crippen LogP contribution is 2.45. The standard InChI is InChI=1S/C69H64N4O/c1-47-17-9-25-57(33-47)70(58-26-10-18-48(2)34-58)65-41-55(42-66(45-65)71(59-27-11-19-49(3)35-59)60-28-12-20-50(4)36-60)69(74)56-43-67(72(61-29-13-21-51(5)37-61)62-30-14-22-52(6)38-62)46-68(44-56)73(63-31-15-23-53(7)39-63)64-32-16-24-54(8)40-64/h9-23,25-46,54H,24H2,1-8H3. The van der Waals surface area contributed by atoms with Gasteiger partial charge >= 0.3 is 0 Å². The fourth-order valence-electron chi connectivity index (χ4n) is 10.3. The highest BCUT2D eigenvalue weighted by Gasteiger charge is 2.26. The van der Waals surface area contributed by atoms with Crippen LogP contribution in [0.15, 0.2) is 230 Å². The fourth-order valence-corrected chi connectivity index (χ4v) is 10.3. The van der Waals surface area contributed by atoms with E-state index in [1.165, 1.54) is 0 Å². The average Bonchev–Trinajstić information content (AvgIpc) is 3.37. The molecule has 10 rings (SSSR count). The van der Waals surface area contributed by atoms with Crippen LogP contribution in [0.1, 0.15) is 68.2 Å². The van der Waals surface area contributed by atoms with Gasteiger partial charge < -0.3 is 19.6 Å². The van der Waals surface area contributed by atoms with E-state index in [-0.39, 0.29) is 5.78 Å². The number of benzene rings is 9. The second-order valence-electron chi connectivity index (χ2n) is 20.2. The molecule has 9 aromatic rings. The molecule has 0 radical (unpaired) electrons. The molecular formula is C69H64N4O. The lowest BCUT2D eigenvalue weighted by Gasteiger charge is -2.32. The lowest BCUT2D eigenvalue weighted by molar-refractivity contribution is 0.103. The molecule has 0 aliphatic heterocycles. The van der Waals surface area contributed by atoms with Gasteiger partial charge in [-0.15, -0.1) is 0 Å². The molecule has 0 N–H and O–H groups in total. The van der Waals surface area contributed by atoms with Crippen molar-refractivity contribution in [2.75, 3.05) is 19.6 Å². The Kier molecular flexibility index (Phi) is 14.0. The molecule has 0 saturated heterocycles. The molecule has 0 fully saturated rings. The summed E-state index contributed by atoms with van der Waals surface area (Å²) in [5, 5.41) is 0. The summed E-state index contributed by atoms with van der Waals surface area (Å²) in [6.07, 6.45) is 7.80. The number of anilines is 11. The Hall–Kier alpha value is -8.67. The normalized spacial score (nSPS) is 13.0. The predicted octanol–water partition coefficient (Wildman–Crippen LogP) is 19.1. The van der Waals surface area contributed by atoms with Gasteiger partial charge in [0.05, 0.1) is 0 Å². The Balaban J connectivity index is 1.27. The van der Waals surface area contributed by atoms with Gasteiger partial charge in [0.1, 0.15) is 0 Å². The highest BCUT2D eigenvalue weighted by molar-refractivity contribution is 6.12. The van der Waals surface area contributed by atoms with Crippen LogP contribution < -0.4 is 19.6 Å². The third-order valence-corrected chi connectivity index (χ3v) is 13.7. The van der Waals surface area contributed by atoms with Crippen molar-refractivity contribution >= 4 is 68.3 Å². The number of ketones is 1. The van der Waals surface area contributed by atoms with Gasteiger partial charge in [0.25, 0.3) is 0 Å². The van der Waals surface area contributed by atoms with Crippen molar-refractivity contribution in [3.8, 4) is 0 Å². The SMILES string of the molecule is Cc1cccc(N(C2=CC(C)CC=C2)c2cc(C(=O)c3cc(N(c4cccc(C)c4)c4cccc(C)c4)cc(N(c4cccc(C)c4)c4cccc(C)c4)c3)cc(N(c3cccc(C)c3)c3cccc(C)c3)c2)c1. The molecule has 0 heterocycles. The molecule has 0 aromatic heterocycles. The highest BCUT2D eigenvalue weighted by atomic mass is 16.1. The van der Waals surface area contributed by atoms with E-state index in [4.69, 9.17) is 0 Å². The quantitative estimate of drug-likeness (QED) is 0.101. The van der Waals surface area contributed by atoms with E-state index in [1.807, 2.05) is 0 Å². The van der Waals surface area contributed by atoms with E-state index in [0.29, 0.717) is 17.0 Å². The Morgan fingerprint density at radius 2 is 0.595 bits per heavy atom. The van der Waals surface area contributed by atoms with Gasteiger partial charge in [-0.3, -0.25) is 4.79 Å². The van der Waals surface area contributed by atoms with Crippen LogP contribution in [0.5, 0.6) is 0 Å². The molecule has 1 aliphatic carbocycles. The Labute approximate surface area is 438 Å². The third-order valence-electron chi connectivity index (χ3n) is 13.7. The molecule has 1 atom stereocenters. The van der Waals surface area contributed by atoms with Gasteiger partial charge in [-0.25, -0.2) is 0 Å². The van der Waals surface area contributed by atoms with Crippen molar-refractivity contribution in [3.63, 3.8) is 0 Å². The zero-order valence-corrected chi connectivity index (χ0v) is 43.8.